The van der Waals surface area contributed by atoms with Crippen LogP contribution in [-0.2, 0) is 4.74 Å². The Hall–Kier alpha value is -0.770. The second kappa shape index (κ2) is 4.62. The Labute approximate surface area is 122 Å². The number of likely N-dealkylation sites (tertiary alicyclic amines) is 1. The van der Waals surface area contributed by atoms with Gasteiger partial charge in [0.05, 0.1) is 6.61 Å². The van der Waals surface area contributed by atoms with Crippen molar-refractivity contribution < 1.29 is 4.74 Å². The Bertz CT molecular complexity index is 406. The van der Waals surface area contributed by atoms with Crippen LogP contribution in [-0.4, -0.2) is 50.8 Å². The van der Waals surface area contributed by atoms with Crippen molar-refractivity contribution >= 4 is 5.96 Å². The predicted molar refractivity (Wildman–Crippen MR) is 79.8 cm³/mol. The molecule has 20 heavy (non-hydrogen) atoms. The number of rotatable bonds is 3. The number of nitrogens with zero attached hydrogens (tertiary/aromatic N) is 2. The minimum Gasteiger partial charge on any atom is -0.381 e. The standard InChI is InChI=1S/C16H27N3O/c1-17-14(18-10-16(4-5-16)13-2-3-13)19-8-6-15(11-19)7-9-20-12-15/h13H,2-12H2,1H3,(H,17,18). The van der Waals surface area contributed by atoms with Crippen LogP contribution in [0, 0.1) is 16.7 Å². The van der Waals surface area contributed by atoms with Crippen molar-refractivity contribution in [1.29, 1.82) is 0 Å². The molecule has 2 heterocycles. The number of ether oxygens (including phenoxy) is 1. The summed E-state index contributed by atoms with van der Waals surface area (Å²) in [6.45, 7) is 5.31. The first-order valence-electron chi connectivity index (χ1n) is 8.29. The molecule has 0 aromatic rings. The van der Waals surface area contributed by atoms with Gasteiger partial charge in [-0.25, -0.2) is 0 Å². The summed E-state index contributed by atoms with van der Waals surface area (Å²) < 4.78 is 5.62. The largest absolute Gasteiger partial charge is 0.381 e. The summed E-state index contributed by atoms with van der Waals surface area (Å²) in [4.78, 5) is 6.98. The maximum atomic E-state index is 5.62. The van der Waals surface area contributed by atoms with E-state index in [0.717, 1.165) is 44.7 Å². The molecule has 1 N–H and O–H groups in total. The fourth-order valence-electron chi connectivity index (χ4n) is 4.26. The molecule has 0 amide bonds. The van der Waals surface area contributed by atoms with Gasteiger partial charge in [0, 0.05) is 38.7 Å². The first kappa shape index (κ1) is 12.9. The molecule has 2 aliphatic carbocycles. The Morgan fingerprint density at radius 1 is 1.30 bits per heavy atom. The molecule has 4 rings (SSSR count). The maximum absolute atomic E-state index is 5.62. The minimum atomic E-state index is 0.422. The summed E-state index contributed by atoms with van der Waals surface area (Å²) in [6, 6.07) is 0. The summed E-state index contributed by atoms with van der Waals surface area (Å²) in [7, 11) is 1.93. The zero-order valence-electron chi connectivity index (χ0n) is 12.7. The van der Waals surface area contributed by atoms with Gasteiger partial charge in [-0.05, 0) is 49.9 Å². The highest BCUT2D eigenvalue weighted by atomic mass is 16.5. The van der Waals surface area contributed by atoms with E-state index in [0.29, 0.717) is 10.8 Å². The average Bonchev–Trinajstić information content (AvgIpc) is 3.37. The highest BCUT2D eigenvalue weighted by Crippen LogP contribution is 2.60. The topological polar surface area (TPSA) is 36.9 Å². The lowest BCUT2D eigenvalue weighted by Crippen LogP contribution is -2.43. The van der Waals surface area contributed by atoms with Crippen LogP contribution in [0.15, 0.2) is 4.99 Å². The molecule has 1 atom stereocenters. The summed E-state index contributed by atoms with van der Waals surface area (Å²) in [5, 5.41) is 3.68. The van der Waals surface area contributed by atoms with Crippen molar-refractivity contribution in [2.75, 3.05) is 39.9 Å². The zero-order valence-corrected chi connectivity index (χ0v) is 12.7. The van der Waals surface area contributed by atoms with E-state index in [-0.39, 0.29) is 0 Å². The van der Waals surface area contributed by atoms with E-state index in [1.165, 1.54) is 38.5 Å². The number of hydrogen-bond acceptors (Lipinski definition) is 2. The SMILES string of the molecule is CN=C(NCC1(C2CC2)CC1)N1CCC2(CCOC2)C1. The van der Waals surface area contributed by atoms with E-state index >= 15 is 0 Å². The Balaban J connectivity index is 1.34. The van der Waals surface area contributed by atoms with Crippen LogP contribution in [0.5, 0.6) is 0 Å². The number of guanidine groups is 1. The molecule has 4 heteroatoms. The summed E-state index contributed by atoms with van der Waals surface area (Å²) >= 11 is 0. The van der Waals surface area contributed by atoms with Crippen LogP contribution in [0.1, 0.15) is 38.5 Å². The Kier molecular flexibility index (Phi) is 2.99. The van der Waals surface area contributed by atoms with Crippen molar-refractivity contribution in [1.82, 2.24) is 10.2 Å². The van der Waals surface area contributed by atoms with Crippen molar-refractivity contribution in [3.05, 3.63) is 0 Å². The van der Waals surface area contributed by atoms with Gasteiger partial charge in [0.2, 0.25) is 0 Å². The first-order chi connectivity index (χ1) is 9.75. The van der Waals surface area contributed by atoms with Crippen molar-refractivity contribution in [2.45, 2.75) is 38.5 Å². The summed E-state index contributed by atoms with van der Waals surface area (Å²) in [5.41, 5.74) is 1.06. The van der Waals surface area contributed by atoms with E-state index in [4.69, 9.17) is 4.74 Å². The lowest BCUT2D eigenvalue weighted by molar-refractivity contribution is 0.156. The van der Waals surface area contributed by atoms with Gasteiger partial charge in [0.15, 0.2) is 5.96 Å². The third-order valence-corrected chi connectivity index (χ3v) is 6.07. The van der Waals surface area contributed by atoms with Crippen molar-refractivity contribution in [2.24, 2.45) is 21.7 Å². The van der Waals surface area contributed by atoms with Crippen LogP contribution in [0.25, 0.3) is 0 Å². The highest BCUT2D eigenvalue weighted by molar-refractivity contribution is 5.80. The molecule has 1 unspecified atom stereocenters. The van der Waals surface area contributed by atoms with E-state index in [1.807, 2.05) is 7.05 Å². The van der Waals surface area contributed by atoms with E-state index in [9.17, 15) is 0 Å². The van der Waals surface area contributed by atoms with Crippen LogP contribution in [0.3, 0.4) is 0 Å². The Morgan fingerprint density at radius 3 is 2.75 bits per heavy atom. The molecule has 0 aromatic heterocycles. The molecular weight excluding hydrogens is 250 g/mol. The van der Waals surface area contributed by atoms with Gasteiger partial charge in [-0.3, -0.25) is 4.99 Å². The molecular formula is C16H27N3O. The molecule has 2 saturated carbocycles. The van der Waals surface area contributed by atoms with Crippen LogP contribution in [0.4, 0.5) is 0 Å². The van der Waals surface area contributed by atoms with E-state index in [2.05, 4.69) is 15.2 Å². The third-order valence-electron chi connectivity index (χ3n) is 6.07. The second-order valence-electron chi connectivity index (χ2n) is 7.51. The summed E-state index contributed by atoms with van der Waals surface area (Å²) in [6.07, 6.45) is 8.28. The van der Waals surface area contributed by atoms with Crippen molar-refractivity contribution in [3.63, 3.8) is 0 Å². The average molecular weight is 277 g/mol. The number of aliphatic imine (C=N–C) groups is 1. The smallest absolute Gasteiger partial charge is 0.193 e. The molecule has 2 saturated heterocycles. The van der Waals surface area contributed by atoms with Crippen LogP contribution in [0.2, 0.25) is 0 Å². The molecule has 4 aliphatic rings. The van der Waals surface area contributed by atoms with Crippen LogP contribution < -0.4 is 5.32 Å². The Morgan fingerprint density at radius 2 is 2.15 bits per heavy atom. The molecule has 4 fully saturated rings. The lowest BCUT2D eigenvalue weighted by atomic mass is 9.87. The molecule has 0 bridgehead atoms. The lowest BCUT2D eigenvalue weighted by Gasteiger charge is -2.26. The summed E-state index contributed by atoms with van der Waals surface area (Å²) in [5.74, 6) is 2.14. The molecule has 1 spiro atoms. The fraction of sp³-hybridized carbons (Fsp3) is 0.938. The molecule has 2 aliphatic heterocycles. The van der Waals surface area contributed by atoms with Gasteiger partial charge < -0.3 is 15.0 Å². The molecule has 0 radical (unpaired) electrons. The molecule has 4 nitrogen and oxygen atoms in total. The number of hydrogen-bond donors (Lipinski definition) is 1. The van der Waals surface area contributed by atoms with Gasteiger partial charge in [0.25, 0.3) is 0 Å². The quantitative estimate of drug-likeness (QED) is 0.632. The third kappa shape index (κ3) is 2.22. The normalized spacial score (nSPS) is 35.9. The number of nitrogens with one attached hydrogen (secondary N) is 1. The fourth-order valence-corrected chi connectivity index (χ4v) is 4.26. The van der Waals surface area contributed by atoms with Gasteiger partial charge in [-0.1, -0.05) is 0 Å². The maximum Gasteiger partial charge on any atom is 0.193 e. The van der Waals surface area contributed by atoms with Gasteiger partial charge >= 0.3 is 0 Å². The first-order valence-corrected chi connectivity index (χ1v) is 8.29. The minimum absolute atomic E-state index is 0.422. The van der Waals surface area contributed by atoms with E-state index in [1.54, 1.807) is 0 Å². The second-order valence-corrected chi connectivity index (χ2v) is 7.51. The van der Waals surface area contributed by atoms with Gasteiger partial charge in [-0.15, -0.1) is 0 Å². The van der Waals surface area contributed by atoms with Crippen LogP contribution >= 0.6 is 0 Å². The molecule has 112 valence electrons. The highest BCUT2D eigenvalue weighted by Gasteiger charge is 2.53. The van der Waals surface area contributed by atoms with Gasteiger partial charge in [0.1, 0.15) is 0 Å². The zero-order chi connectivity index (χ0) is 13.6. The monoisotopic (exact) mass is 277 g/mol. The van der Waals surface area contributed by atoms with E-state index < -0.39 is 0 Å². The van der Waals surface area contributed by atoms with Crippen molar-refractivity contribution in [3.8, 4) is 0 Å². The molecule has 0 aromatic carbocycles. The predicted octanol–water partition coefficient (Wildman–Crippen LogP) is 1.86. The van der Waals surface area contributed by atoms with Gasteiger partial charge in [-0.2, -0.15) is 0 Å².